The number of sulfonamides is 1. The number of thiazole rings is 1. The number of nitrogens with zero attached hydrogens (tertiary/aromatic N) is 9. The zero-order chi connectivity index (χ0) is 46.5. The van der Waals surface area contributed by atoms with Gasteiger partial charge < -0.3 is 19.1 Å². The topological polar surface area (TPSA) is 144 Å². The third-order valence-corrected chi connectivity index (χ3v) is 12.2. The van der Waals surface area contributed by atoms with Crippen molar-refractivity contribution in [3.63, 3.8) is 0 Å². The Balaban J connectivity index is 0.000000137. The van der Waals surface area contributed by atoms with Gasteiger partial charge in [0.15, 0.2) is 0 Å². The molecule has 16 heteroatoms. The number of hydrogen-bond donors (Lipinski definition) is 0. The third kappa shape index (κ3) is 10.3. The predicted molar refractivity (Wildman–Crippen MR) is 272 cm³/mol. The first-order chi connectivity index (χ1) is 32.6. The van der Waals surface area contributed by atoms with Gasteiger partial charge in [0, 0.05) is 67.7 Å². The van der Waals surface area contributed by atoms with Crippen LogP contribution in [0.25, 0.3) is 80.5 Å². The largest absolute Gasteiger partial charge is 0.576 e. The summed E-state index contributed by atoms with van der Waals surface area (Å²) in [7, 11) is 0.303. The van der Waals surface area contributed by atoms with Crippen molar-refractivity contribution in [3.8, 4) is 33.4 Å². The summed E-state index contributed by atoms with van der Waals surface area (Å²) in [6.45, 7) is 5.27. The fourth-order valence-corrected chi connectivity index (χ4v) is 9.09. The normalized spacial score (nSPS) is 11.1. The summed E-state index contributed by atoms with van der Waals surface area (Å²) in [5, 5.41) is 23.4. The minimum atomic E-state index is -3.50. The molecule has 0 aliphatic rings. The molecule has 345 valence electrons. The molecule has 8 aromatic carbocycles. The van der Waals surface area contributed by atoms with E-state index in [1.54, 1.807) is 15.7 Å². The van der Waals surface area contributed by atoms with Gasteiger partial charge in [0.2, 0.25) is 0 Å². The summed E-state index contributed by atoms with van der Waals surface area (Å²) in [4.78, 5) is 9.90. The van der Waals surface area contributed by atoms with Crippen molar-refractivity contribution < 1.29 is 38.0 Å². The molecular weight excluding hydrogens is 1070 g/mol. The number of benzene rings is 8. The van der Waals surface area contributed by atoms with E-state index >= 15 is 0 Å². The molecule has 3 aromatic heterocycles. The van der Waals surface area contributed by atoms with Crippen LogP contribution in [0, 0.1) is 0 Å². The Labute approximate surface area is 411 Å². The van der Waals surface area contributed by atoms with Crippen molar-refractivity contribution >= 4 is 86.6 Å². The molecule has 0 N–H and O–H groups in total. The Morgan fingerprint density at radius 1 is 0.559 bits per heavy atom. The van der Waals surface area contributed by atoms with Crippen LogP contribution in [0.4, 0.5) is 11.4 Å². The Morgan fingerprint density at radius 2 is 0.985 bits per heavy atom. The first-order valence-corrected chi connectivity index (χ1v) is 24.3. The van der Waals surface area contributed by atoms with Gasteiger partial charge in [-0.1, -0.05) is 97.1 Å². The van der Waals surface area contributed by atoms with Crippen LogP contribution >= 0.6 is 11.3 Å². The molecule has 0 saturated carbocycles. The summed E-state index contributed by atoms with van der Waals surface area (Å²) < 4.78 is 39.7. The quantitative estimate of drug-likeness (QED) is 0.130. The van der Waals surface area contributed by atoms with E-state index in [-0.39, 0.29) is 20.1 Å². The second-order valence-electron chi connectivity index (χ2n) is 15.5. The van der Waals surface area contributed by atoms with Crippen LogP contribution in [-0.2, 0) is 30.1 Å². The van der Waals surface area contributed by atoms with Crippen LogP contribution in [0.2, 0.25) is 0 Å². The molecule has 0 bridgehead atoms. The number of hydrogen-bond acceptors (Lipinski definition) is 11. The summed E-state index contributed by atoms with van der Waals surface area (Å²) >= 11 is 1.53. The fourth-order valence-electron chi connectivity index (χ4n) is 7.58. The molecule has 13 nitrogen and oxygen atoms in total. The van der Waals surface area contributed by atoms with Crippen molar-refractivity contribution in [3.05, 3.63) is 169 Å². The van der Waals surface area contributed by atoms with Crippen LogP contribution < -0.4 is 14.4 Å². The van der Waals surface area contributed by atoms with Gasteiger partial charge in [-0.15, -0.1) is 47.0 Å². The average Bonchev–Trinajstić information content (AvgIpc) is 4.09. The maximum absolute atomic E-state index is 11.6. The van der Waals surface area contributed by atoms with Crippen LogP contribution in [0.3, 0.4) is 0 Å². The number of aromatic nitrogens is 7. The van der Waals surface area contributed by atoms with Crippen LogP contribution in [0.5, 0.6) is 11.5 Å². The molecule has 11 aromatic rings. The molecule has 0 saturated heterocycles. The third-order valence-electron chi connectivity index (χ3n) is 10.6. The SMILES string of the molecule is CCOc1ccc(-n2nc3ccccc3n2)c2ccccc12.CCOc1ccc(-n2nc3ccccc3n2)c2ccccc12.CN(C)c1ccc(-c2nc3ccccc3s2)c([N-]S(C)(=O)=O)c1.[Ir]. The summed E-state index contributed by atoms with van der Waals surface area (Å²) in [5.41, 5.74) is 8.39. The molecule has 0 amide bonds. The van der Waals surface area contributed by atoms with Crippen LogP contribution in [0.15, 0.2) is 164 Å². The van der Waals surface area contributed by atoms with E-state index in [0.29, 0.717) is 18.9 Å². The van der Waals surface area contributed by atoms with Gasteiger partial charge in [0.25, 0.3) is 0 Å². The number of anilines is 1. The maximum Gasteiger partial charge on any atom is 0.127 e. The van der Waals surface area contributed by atoms with E-state index in [9.17, 15) is 8.42 Å². The van der Waals surface area contributed by atoms with Crippen molar-refractivity contribution in [1.29, 1.82) is 0 Å². The predicted octanol–water partition coefficient (Wildman–Crippen LogP) is 11.9. The monoisotopic (exact) mass is 1120 g/mol. The number of rotatable bonds is 10. The Hall–Kier alpha value is -7.23. The maximum atomic E-state index is 11.6. The van der Waals surface area contributed by atoms with Gasteiger partial charge in [-0.25, -0.2) is 13.4 Å². The minimum absolute atomic E-state index is 0. The van der Waals surface area contributed by atoms with Gasteiger partial charge in [0.05, 0.1) is 44.8 Å². The van der Waals surface area contributed by atoms with Crippen molar-refractivity contribution in [2.45, 2.75) is 13.8 Å². The minimum Gasteiger partial charge on any atom is -0.576 e. The molecule has 1 radical (unpaired) electrons. The Morgan fingerprint density at radius 3 is 1.41 bits per heavy atom. The Kier molecular flexibility index (Phi) is 14.4. The van der Waals surface area contributed by atoms with E-state index in [4.69, 9.17) is 9.47 Å². The van der Waals surface area contributed by atoms with Gasteiger partial charge in [-0.05, 0) is 86.1 Å². The first-order valence-electron chi connectivity index (χ1n) is 21.6. The van der Waals surface area contributed by atoms with Crippen molar-refractivity contribution in [1.82, 2.24) is 35.0 Å². The van der Waals surface area contributed by atoms with Gasteiger partial charge in [-0.3, -0.25) is 0 Å². The first kappa shape index (κ1) is 47.3. The average molecular weight is 1120 g/mol. The van der Waals surface area contributed by atoms with E-state index < -0.39 is 10.0 Å². The van der Waals surface area contributed by atoms with Gasteiger partial charge in [0.1, 0.15) is 38.6 Å². The fraction of sp³-hybridized carbons (Fsp3) is 0.135. The Bertz CT molecular complexity index is 3390. The number of fused-ring (bicyclic) bond motifs is 5. The molecule has 11 rings (SSSR count). The molecule has 3 heterocycles. The van der Waals surface area contributed by atoms with Crippen LogP contribution in [0.1, 0.15) is 13.8 Å². The van der Waals surface area contributed by atoms with E-state index in [2.05, 4.69) is 54.4 Å². The number of para-hydroxylation sites is 1. The van der Waals surface area contributed by atoms with Crippen molar-refractivity contribution in [2.75, 3.05) is 38.5 Å². The molecule has 0 atom stereocenters. The standard InChI is InChI=1S/2C18H15N3O.C16H16N3O2S2.Ir/c2*1-2-22-18-12-11-17(13-7-3-4-8-14(13)18)21-19-15-9-5-6-10-16(15)20-21;1-19(2)11-8-9-12(14(10-11)18-23(3,20)21)16-17-13-6-4-5-7-15(13)22-16;/h2*3-12H,2H2,1H3;4-10H,1-3H3;/q;;-1;. The molecule has 0 fully saturated rings. The van der Waals surface area contributed by atoms with Crippen molar-refractivity contribution in [2.24, 2.45) is 0 Å². The van der Waals surface area contributed by atoms with E-state index in [1.807, 2.05) is 166 Å². The van der Waals surface area contributed by atoms with E-state index in [1.165, 1.54) is 11.3 Å². The summed E-state index contributed by atoms with van der Waals surface area (Å²) in [5.74, 6) is 1.78. The molecule has 0 aliphatic carbocycles. The van der Waals surface area contributed by atoms with Crippen LogP contribution in [-0.4, -0.2) is 77.0 Å². The molecule has 0 spiro atoms. The zero-order valence-corrected chi connectivity index (χ0v) is 41.8. The number of ether oxygens (including phenoxy) is 2. The molecule has 0 unspecified atom stereocenters. The van der Waals surface area contributed by atoms with Gasteiger partial charge in [-0.2, -0.15) is 0 Å². The molecular formula is C52H46IrN9O4S2-. The molecule has 68 heavy (non-hydrogen) atoms. The summed E-state index contributed by atoms with van der Waals surface area (Å²) in [6.07, 6.45) is 1.09. The molecule has 0 aliphatic heterocycles. The smallest absolute Gasteiger partial charge is 0.127 e. The second-order valence-corrected chi connectivity index (χ2v) is 18.2. The second kappa shape index (κ2) is 20.7. The summed E-state index contributed by atoms with van der Waals surface area (Å²) in [6, 6.07) is 53.5. The van der Waals surface area contributed by atoms with Gasteiger partial charge >= 0.3 is 0 Å². The van der Waals surface area contributed by atoms with E-state index in [0.717, 1.165) is 99.2 Å². The zero-order valence-electron chi connectivity index (χ0n) is 37.8.